The molecule has 0 fully saturated rings. The van der Waals surface area contributed by atoms with Gasteiger partial charge in [0.05, 0.1) is 29.1 Å². The number of primary amides is 1. The Morgan fingerprint density at radius 3 is 2.28 bits per heavy atom. The summed E-state index contributed by atoms with van der Waals surface area (Å²) >= 11 is 0. The molecule has 4 aromatic rings. The summed E-state index contributed by atoms with van der Waals surface area (Å²) in [5, 5.41) is 3.75. The highest BCUT2D eigenvalue weighted by atomic mass is 19.4. The molecule has 2 aromatic heterocycles. The van der Waals surface area contributed by atoms with Crippen LogP contribution in [0.25, 0.3) is 11.1 Å². The molecule has 0 radical (unpaired) electrons. The number of Topliss-reactive ketones (excluding diaryl/α,β-unsaturated/α-hetero) is 1. The lowest BCUT2D eigenvalue weighted by atomic mass is 9.86. The minimum Gasteiger partial charge on any atom is -0.366 e. The molecule has 6 nitrogen and oxygen atoms in total. The predicted octanol–water partition coefficient (Wildman–Crippen LogP) is 7.43. The van der Waals surface area contributed by atoms with Gasteiger partial charge in [0.25, 0.3) is 5.91 Å². The lowest BCUT2D eigenvalue weighted by molar-refractivity contribution is -0.142. The van der Waals surface area contributed by atoms with Crippen molar-refractivity contribution < 1.29 is 35.9 Å². The lowest BCUT2D eigenvalue weighted by Crippen LogP contribution is -2.19. The number of nitrogens with zero attached hydrogens (tertiary/aromatic N) is 3. The molecule has 1 amide bonds. The standard InChI is InChI=1S/C35H32F6N4O2/c1-5-30-27(10-11-34(2,3)4)32(35(39,40)41)44-45(30)19-25(46)16-22(13-20-14-23(36)18-24(37)15-20)31-26(7-6-12-43-31)21-8-9-29(38)28(17-21)33(42)47/h6-9,12,14-15,17-18,22H,5,13,16,19H2,1-4H3,(H2,42,47)/t22-/m1/s1. The van der Waals surface area contributed by atoms with E-state index in [0.29, 0.717) is 17.2 Å². The second-order valence-corrected chi connectivity index (χ2v) is 12.1. The first-order chi connectivity index (χ1) is 22.0. The van der Waals surface area contributed by atoms with Crippen LogP contribution in [0.5, 0.6) is 0 Å². The van der Waals surface area contributed by atoms with E-state index < -0.39 is 58.9 Å². The van der Waals surface area contributed by atoms with Crippen molar-refractivity contribution in [1.29, 1.82) is 0 Å². The number of carbonyl (C=O) groups excluding carboxylic acids is 2. The number of nitrogens with two attached hydrogens (primary N) is 1. The number of alkyl halides is 3. The molecule has 0 spiro atoms. The number of halogens is 6. The van der Waals surface area contributed by atoms with Gasteiger partial charge in [0, 0.05) is 35.6 Å². The van der Waals surface area contributed by atoms with Gasteiger partial charge in [-0.25, -0.2) is 13.2 Å². The fraction of sp³-hybridized carbons (Fsp3) is 0.314. The van der Waals surface area contributed by atoms with Crippen molar-refractivity contribution in [3.63, 3.8) is 0 Å². The summed E-state index contributed by atoms with van der Waals surface area (Å²) in [6.07, 6.45) is -3.71. The van der Waals surface area contributed by atoms with Gasteiger partial charge in [-0.05, 0) is 75.1 Å². The average Bonchev–Trinajstić information content (AvgIpc) is 3.32. The summed E-state index contributed by atoms with van der Waals surface area (Å²) in [6.45, 7) is 6.35. The maximum atomic E-state index is 14.3. The van der Waals surface area contributed by atoms with Gasteiger partial charge in [-0.2, -0.15) is 18.3 Å². The van der Waals surface area contributed by atoms with E-state index in [9.17, 15) is 35.9 Å². The van der Waals surface area contributed by atoms with Gasteiger partial charge in [-0.15, -0.1) is 0 Å². The molecule has 0 saturated carbocycles. The Bertz CT molecular complexity index is 1860. The summed E-state index contributed by atoms with van der Waals surface area (Å²) in [5.74, 6) is 0.493. The zero-order chi connectivity index (χ0) is 34.7. The van der Waals surface area contributed by atoms with E-state index in [2.05, 4.69) is 21.9 Å². The normalized spacial score (nSPS) is 12.4. The number of ketones is 1. The smallest absolute Gasteiger partial charge is 0.366 e. The second-order valence-electron chi connectivity index (χ2n) is 12.1. The van der Waals surface area contributed by atoms with Gasteiger partial charge in [0.2, 0.25) is 0 Å². The summed E-state index contributed by atoms with van der Waals surface area (Å²) < 4.78 is 85.7. The average molecular weight is 655 g/mol. The minimum atomic E-state index is -4.83. The summed E-state index contributed by atoms with van der Waals surface area (Å²) in [6, 6.07) is 9.76. The number of aromatic nitrogens is 3. The molecule has 0 aliphatic rings. The van der Waals surface area contributed by atoms with E-state index in [0.717, 1.165) is 22.9 Å². The van der Waals surface area contributed by atoms with Crippen molar-refractivity contribution in [1.82, 2.24) is 14.8 Å². The summed E-state index contributed by atoms with van der Waals surface area (Å²) in [5.41, 5.74) is 4.18. The molecule has 2 heterocycles. The van der Waals surface area contributed by atoms with Crippen LogP contribution in [0.4, 0.5) is 26.3 Å². The molecule has 4 rings (SSSR count). The molecule has 246 valence electrons. The number of rotatable bonds is 10. The first-order valence-electron chi connectivity index (χ1n) is 14.7. The van der Waals surface area contributed by atoms with E-state index >= 15 is 0 Å². The molecular formula is C35H32F6N4O2. The van der Waals surface area contributed by atoms with Gasteiger partial charge >= 0.3 is 6.18 Å². The van der Waals surface area contributed by atoms with Crippen molar-refractivity contribution in [2.75, 3.05) is 0 Å². The van der Waals surface area contributed by atoms with E-state index in [-0.39, 0.29) is 47.3 Å². The van der Waals surface area contributed by atoms with Gasteiger partial charge in [0.1, 0.15) is 17.5 Å². The third kappa shape index (κ3) is 8.67. The molecule has 0 aliphatic heterocycles. The number of benzene rings is 2. The van der Waals surface area contributed by atoms with Crippen LogP contribution in [0.15, 0.2) is 54.7 Å². The van der Waals surface area contributed by atoms with Gasteiger partial charge < -0.3 is 5.73 Å². The molecule has 1 atom stereocenters. The van der Waals surface area contributed by atoms with Crippen LogP contribution in [0.2, 0.25) is 0 Å². The van der Waals surface area contributed by atoms with E-state index in [4.69, 9.17) is 5.73 Å². The third-order valence-corrected chi connectivity index (χ3v) is 7.20. The Morgan fingerprint density at radius 2 is 1.68 bits per heavy atom. The van der Waals surface area contributed by atoms with Gasteiger partial charge in [-0.3, -0.25) is 19.3 Å². The Kier molecular flexibility index (Phi) is 10.3. The highest BCUT2D eigenvalue weighted by Crippen LogP contribution is 2.35. The molecule has 12 heteroatoms. The molecule has 2 N–H and O–H groups in total. The zero-order valence-electron chi connectivity index (χ0n) is 26.1. The first kappa shape index (κ1) is 34.9. The van der Waals surface area contributed by atoms with Crippen molar-refractivity contribution in [2.45, 2.75) is 65.6 Å². The highest BCUT2D eigenvalue weighted by Gasteiger charge is 2.39. The summed E-state index contributed by atoms with van der Waals surface area (Å²) in [7, 11) is 0. The molecule has 2 aromatic carbocycles. The fourth-order valence-corrected chi connectivity index (χ4v) is 5.22. The zero-order valence-corrected chi connectivity index (χ0v) is 26.1. The Labute approximate surface area is 268 Å². The number of carbonyl (C=O) groups is 2. The monoisotopic (exact) mass is 654 g/mol. The van der Waals surface area contributed by atoms with Crippen LogP contribution >= 0.6 is 0 Å². The molecule has 0 aliphatic carbocycles. The maximum Gasteiger partial charge on any atom is 0.436 e. The Hall–Kier alpha value is -4.92. The van der Waals surface area contributed by atoms with Crippen LogP contribution in [0.3, 0.4) is 0 Å². The molecule has 47 heavy (non-hydrogen) atoms. The topological polar surface area (TPSA) is 90.9 Å². The van der Waals surface area contributed by atoms with Crippen LogP contribution in [0, 0.1) is 34.7 Å². The van der Waals surface area contributed by atoms with Crippen LogP contribution in [0.1, 0.15) is 78.6 Å². The van der Waals surface area contributed by atoms with E-state index in [1.807, 2.05) is 0 Å². The van der Waals surface area contributed by atoms with E-state index in [1.54, 1.807) is 39.8 Å². The molecule has 0 bridgehead atoms. The molecule has 0 unspecified atom stereocenters. The predicted molar refractivity (Wildman–Crippen MR) is 164 cm³/mol. The van der Waals surface area contributed by atoms with Gasteiger partial charge in [-0.1, -0.05) is 30.9 Å². The lowest BCUT2D eigenvalue weighted by Gasteiger charge is -2.20. The van der Waals surface area contributed by atoms with Crippen molar-refractivity contribution >= 4 is 11.7 Å². The minimum absolute atomic E-state index is 0.0931. The Balaban J connectivity index is 1.78. The maximum absolute atomic E-state index is 14.3. The Morgan fingerprint density at radius 1 is 1.00 bits per heavy atom. The summed E-state index contributed by atoms with van der Waals surface area (Å²) in [4.78, 5) is 29.9. The molecular weight excluding hydrogens is 622 g/mol. The van der Waals surface area contributed by atoms with Crippen LogP contribution < -0.4 is 5.73 Å². The third-order valence-electron chi connectivity index (χ3n) is 7.20. The first-order valence-corrected chi connectivity index (χ1v) is 14.7. The van der Waals surface area contributed by atoms with Crippen LogP contribution in [-0.2, 0) is 30.4 Å². The van der Waals surface area contributed by atoms with E-state index in [1.165, 1.54) is 18.3 Å². The fourth-order valence-electron chi connectivity index (χ4n) is 5.22. The highest BCUT2D eigenvalue weighted by molar-refractivity contribution is 5.94. The quantitative estimate of drug-likeness (QED) is 0.142. The number of amides is 1. The van der Waals surface area contributed by atoms with Gasteiger partial charge in [0.15, 0.2) is 11.5 Å². The molecule has 0 saturated heterocycles. The largest absolute Gasteiger partial charge is 0.436 e. The van der Waals surface area contributed by atoms with Crippen molar-refractivity contribution in [3.8, 4) is 23.0 Å². The van der Waals surface area contributed by atoms with Crippen molar-refractivity contribution in [3.05, 3.63) is 106 Å². The number of hydrogen-bond donors (Lipinski definition) is 1. The number of pyridine rings is 1. The second kappa shape index (κ2) is 13.8. The van der Waals surface area contributed by atoms with Crippen molar-refractivity contribution in [2.24, 2.45) is 11.1 Å². The SMILES string of the molecule is CCc1c(C#CC(C)(C)C)c(C(F)(F)F)nn1CC(=O)C[C@@H](Cc1cc(F)cc(F)c1)c1ncccc1-c1ccc(F)c(C(N)=O)c1. The number of hydrogen-bond acceptors (Lipinski definition) is 4. The van der Waals surface area contributed by atoms with Crippen LogP contribution in [-0.4, -0.2) is 26.5 Å².